The molecule has 0 radical (unpaired) electrons. The fourth-order valence-electron chi connectivity index (χ4n) is 1.94. The number of benzene rings is 1. The quantitative estimate of drug-likeness (QED) is 0.596. The van der Waals surface area contributed by atoms with Crippen LogP contribution in [0.3, 0.4) is 0 Å². The number of carbonyl (C=O) groups is 1. The second kappa shape index (κ2) is 7.06. The van der Waals surface area contributed by atoms with Crippen molar-refractivity contribution in [2.45, 2.75) is 46.1 Å². The highest BCUT2D eigenvalue weighted by molar-refractivity contribution is 5.95. The van der Waals surface area contributed by atoms with Crippen molar-refractivity contribution >= 4 is 17.3 Å². The summed E-state index contributed by atoms with van der Waals surface area (Å²) in [6, 6.07) is 4.53. The van der Waals surface area contributed by atoms with Gasteiger partial charge in [-0.2, -0.15) is 0 Å². The Morgan fingerprint density at radius 1 is 1.29 bits per heavy atom. The lowest BCUT2D eigenvalue weighted by Gasteiger charge is -2.29. The maximum absolute atomic E-state index is 11.8. The van der Waals surface area contributed by atoms with Gasteiger partial charge < -0.3 is 10.6 Å². The summed E-state index contributed by atoms with van der Waals surface area (Å²) in [5.74, 6) is -0.305. The van der Waals surface area contributed by atoms with Crippen LogP contribution in [0.25, 0.3) is 0 Å². The predicted molar refractivity (Wildman–Crippen MR) is 83.7 cm³/mol. The molecule has 0 unspecified atom stereocenters. The van der Waals surface area contributed by atoms with E-state index >= 15 is 0 Å². The maximum Gasteiger partial charge on any atom is 0.293 e. The standard InChI is InChI=1S/C15H23N3O3/c1-5-15(4,6-2)17-12-9-8-11(14(19)16-7-3)10-13(12)18(20)21/h8-10,17H,5-7H2,1-4H3,(H,16,19). The van der Waals surface area contributed by atoms with E-state index < -0.39 is 4.92 Å². The second-order valence-electron chi connectivity index (χ2n) is 5.24. The topological polar surface area (TPSA) is 84.3 Å². The minimum atomic E-state index is -0.462. The van der Waals surface area contributed by atoms with Crippen molar-refractivity contribution in [3.05, 3.63) is 33.9 Å². The lowest BCUT2D eigenvalue weighted by molar-refractivity contribution is -0.384. The molecule has 1 aromatic carbocycles. The van der Waals surface area contributed by atoms with Gasteiger partial charge in [-0.05, 0) is 38.8 Å². The van der Waals surface area contributed by atoms with E-state index in [1.54, 1.807) is 19.1 Å². The molecule has 0 atom stereocenters. The third kappa shape index (κ3) is 4.18. The molecule has 0 aromatic heterocycles. The molecule has 0 saturated carbocycles. The van der Waals surface area contributed by atoms with Crippen molar-refractivity contribution in [3.8, 4) is 0 Å². The van der Waals surface area contributed by atoms with Crippen molar-refractivity contribution < 1.29 is 9.72 Å². The Hall–Kier alpha value is -2.11. The maximum atomic E-state index is 11.8. The summed E-state index contributed by atoms with van der Waals surface area (Å²) in [4.78, 5) is 22.6. The van der Waals surface area contributed by atoms with Gasteiger partial charge in [0.2, 0.25) is 0 Å². The Kier molecular flexibility index (Phi) is 5.69. The van der Waals surface area contributed by atoms with Crippen LogP contribution in [0.5, 0.6) is 0 Å². The molecular formula is C15H23N3O3. The fourth-order valence-corrected chi connectivity index (χ4v) is 1.94. The molecule has 1 amide bonds. The SMILES string of the molecule is CCNC(=O)c1ccc(NC(C)(CC)CC)c([N+](=O)[O-])c1. The Morgan fingerprint density at radius 3 is 2.38 bits per heavy atom. The van der Waals surface area contributed by atoms with Crippen LogP contribution in [-0.4, -0.2) is 22.9 Å². The molecule has 0 saturated heterocycles. The molecule has 0 aliphatic rings. The Bertz CT molecular complexity index is 525. The highest BCUT2D eigenvalue weighted by Crippen LogP contribution is 2.30. The van der Waals surface area contributed by atoms with Crippen molar-refractivity contribution in [3.63, 3.8) is 0 Å². The zero-order valence-electron chi connectivity index (χ0n) is 13.0. The molecule has 0 aliphatic carbocycles. The van der Waals surface area contributed by atoms with Crippen LogP contribution in [0.4, 0.5) is 11.4 Å². The first kappa shape index (κ1) is 16.9. The zero-order valence-corrected chi connectivity index (χ0v) is 13.0. The van der Waals surface area contributed by atoms with E-state index in [1.165, 1.54) is 6.07 Å². The molecule has 1 aromatic rings. The monoisotopic (exact) mass is 293 g/mol. The molecule has 6 heteroatoms. The predicted octanol–water partition coefficient (Wildman–Crippen LogP) is 3.34. The van der Waals surface area contributed by atoms with E-state index in [0.29, 0.717) is 17.8 Å². The Balaban J connectivity index is 3.17. The van der Waals surface area contributed by atoms with Gasteiger partial charge in [-0.15, -0.1) is 0 Å². The van der Waals surface area contributed by atoms with Crippen LogP contribution in [0.15, 0.2) is 18.2 Å². The Labute approximate surface area is 125 Å². The van der Waals surface area contributed by atoms with Gasteiger partial charge in [0.15, 0.2) is 0 Å². The number of hydrogen-bond acceptors (Lipinski definition) is 4. The molecule has 1 rings (SSSR count). The number of nitrogens with zero attached hydrogens (tertiary/aromatic N) is 1. The number of hydrogen-bond donors (Lipinski definition) is 2. The van der Waals surface area contributed by atoms with Crippen LogP contribution in [0.2, 0.25) is 0 Å². The first-order valence-electron chi connectivity index (χ1n) is 7.21. The smallest absolute Gasteiger partial charge is 0.293 e. The van der Waals surface area contributed by atoms with E-state index in [1.807, 2.05) is 20.8 Å². The van der Waals surface area contributed by atoms with E-state index in [4.69, 9.17) is 0 Å². The summed E-state index contributed by atoms with van der Waals surface area (Å²) in [6.07, 6.45) is 1.69. The van der Waals surface area contributed by atoms with E-state index in [2.05, 4.69) is 10.6 Å². The van der Waals surface area contributed by atoms with Gasteiger partial charge in [-0.25, -0.2) is 0 Å². The summed E-state index contributed by atoms with van der Waals surface area (Å²) < 4.78 is 0. The number of nitrogens with one attached hydrogen (secondary N) is 2. The van der Waals surface area contributed by atoms with Crippen molar-refractivity contribution in [1.29, 1.82) is 0 Å². The first-order chi connectivity index (χ1) is 9.86. The summed E-state index contributed by atoms with van der Waals surface area (Å²) in [7, 11) is 0. The lowest BCUT2D eigenvalue weighted by Crippen LogP contribution is -2.33. The summed E-state index contributed by atoms with van der Waals surface area (Å²) in [5, 5.41) is 17.1. The van der Waals surface area contributed by atoms with Gasteiger partial charge >= 0.3 is 0 Å². The number of amides is 1. The molecule has 21 heavy (non-hydrogen) atoms. The largest absolute Gasteiger partial charge is 0.374 e. The van der Waals surface area contributed by atoms with Gasteiger partial charge in [-0.3, -0.25) is 14.9 Å². The van der Waals surface area contributed by atoms with Gasteiger partial charge in [0.05, 0.1) is 4.92 Å². The summed E-state index contributed by atoms with van der Waals surface area (Å²) in [5.41, 5.74) is 0.452. The van der Waals surface area contributed by atoms with Crippen molar-refractivity contribution in [2.24, 2.45) is 0 Å². The minimum absolute atomic E-state index is 0.0770. The third-order valence-electron chi connectivity index (χ3n) is 3.79. The number of nitro groups is 1. The van der Waals surface area contributed by atoms with Crippen molar-refractivity contribution in [1.82, 2.24) is 5.32 Å². The lowest BCUT2D eigenvalue weighted by atomic mass is 9.95. The number of carbonyl (C=O) groups excluding carboxylic acids is 1. The molecule has 0 fully saturated rings. The number of nitro benzene ring substituents is 1. The number of anilines is 1. The minimum Gasteiger partial charge on any atom is -0.374 e. The summed E-state index contributed by atoms with van der Waals surface area (Å²) in [6.45, 7) is 8.37. The van der Waals surface area contributed by atoms with Gasteiger partial charge in [-0.1, -0.05) is 13.8 Å². The molecular weight excluding hydrogens is 270 g/mol. The van der Waals surface area contributed by atoms with Gasteiger partial charge in [0.1, 0.15) is 5.69 Å². The van der Waals surface area contributed by atoms with E-state index in [0.717, 1.165) is 12.8 Å². The third-order valence-corrected chi connectivity index (χ3v) is 3.79. The Morgan fingerprint density at radius 2 is 1.90 bits per heavy atom. The molecule has 6 nitrogen and oxygen atoms in total. The van der Waals surface area contributed by atoms with Gasteiger partial charge in [0, 0.05) is 23.7 Å². The van der Waals surface area contributed by atoms with E-state index in [9.17, 15) is 14.9 Å². The van der Waals surface area contributed by atoms with Crippen LogP contribution >= 0.6 is 0 Å². The highest BCUT2D eigenvalue weighted by Gasteiger charge is 2.24. The molecule has 0 bridgehead atoms. The van der Waals surface area contributed by atoms with E-state index in [-0.39, 0.29) is 17.1 Å². The normalized spacial score (nSPS) is 11.0. The molecule has 0 aliphatic heterocycles. The molecule has 0 heterocycles. The summed E-state index contributed by atoms with van der Waals surface area (Å²) >= 11 is 0. The molecule has 0 spiro atoms. The number of rotatable bonds is 7. The fraction of sp³-hybridized carbons (Fsp3) is 0.533. The van der Waals surface area contributed by atoms with Crippen LogP contribution < -0.4 is 10.6 Å². The average molecular weight is 293 g/mol. The molecule has 116 valence electrons. The second-order valence-corrected chi connectivity index (χ2v) is 5.24. The van der Waals surface area contributed by atoms with Crippen molar-refractivity contribution in [2.75, 3.05) is 11.9 Å². The first-order valence-corrected chi connectivity index (χ1v) is 7.21. The average Bonchev–Trinajstić information content (AvgIpc) is 2.47. The van der Waals surface area contributed by atoms with Gasteiger partial charge in [0.25, 0.3) is 11.6 Å². The van der Waals surface area contributed by atoms with Crippen LogP contribution in [0, 0.1) is 10.1 Å². The van der Waals surface area contributed by atoms with Crippen LogP contribution in [-0.2, 0) is 0 Å². The van der Waals surface area contributed by atoms with Crippen LogP contribution in [0.1, 0.15) is 50.9 Å². The highest BCUT2D eigenvalue weighted by atomic mass is 16.6. The molecule has 2 N–H and O–H groups in total. The zero-order chi connectivity index (χ0) is 16.0.